The highest BCUT2D eigenvalue weighted by molar-refractivity contribution is 5.80. The summed E-state index contributed by atoms with van der Waals surface area (Å²) in [7, 11) is 1.53. The molecule has 4 rings (SSSR count). The maximum atomic E-state index is 13.5. The average Bonchev–Trinajstić information content (AvgIpc) is 3.50. The van der Waals surface area contributed by atoms with Gasteiger partial charge in [0.25, 0.3) is 5.89 Å². The van der Waals surface area contributed by atoms with Gasteiger partial charge in [0, 0.05) is 18.2 Å². The van der Waals surface area contributed by atoms with Crippen molar-refractivity contribution in [3.8, 4) is 34.5 Å². The highest BCUT2D eigenvalue weighted by Gasteiger charge is 2.36. The van der Waals surface area contributed by atoms with Gasteiger partial charge in [0.05, 0.1) is 18.8 Å². The SMILES string of the molecule is COc1ccc(-c2nnc(-c3cc(C(F)(F)F)nn3-c3cccc(CNC(=O)[C@H](C)N)c3)o2)cc1. The van der Waals surface area contributed by atoms with E-state index in [4.69, 9.17) is 14.9 Å². The van der Waals surface area contributed by atoms with Gasteiger partial charge >= 0.3 is 6.18 Å². The average molecular weight is 486 g/mol. The summed E-state index contributed by atoms with van der Waals surface area (Å²) in [6, 6.07) is 13.4. The number of carbonyl (C=O) groups is 1. The molecule has 182 valence electrons. The first kappa shape index (κ1) is 24.0. The zero-order valence-electron chi connectivity index (χ0n) is 18.7. The van der Waals surface area contributed by atoms with Crippen LogP contribution in [0.4, 0.5) is 13.2 Å². The third-order valence-corrected chi connectivity index (χ3v) is 5.02. The number of nitrogens with two attached hydrogens (primary N) is 1. The van der Waals surface area contributed by atoms with Crippen LogP contribution in [0.15, 0.2) is 59.0 Å². The third kappa shape index (κ3) is 5.32. The van der Waals surface area contributed by atoms with Crippen LogP contribution in [0.25, 0.3) is 28.7 Å². The number of alkyl halides is 3. The maximum Gasteiger partial charge on any atom is 0.435 e. The molecule has 0 unspecified atom stereocenters. The van der Waals surface area contributed by atoms with Crippen LogP contribution in [-0.4, -0.2) is 39.0 Å². The third-order valence-electron chi connectivity index (χ3n) is 5.02. The molecule has 12 heteroatoms. The van der Waals surface area contributed by atoms with E-state index in [-0.39, 0.29) is 29.9 Å². The molecule has 9 nitrogen and oxygen atoms in total. The second-order valence-electron chi connectivity index (χ2n) is 7.64. The molecule has 2 aromatic heterocycles. The second kappa shape index (κ2) is 9.58. The molecule has 2 heterocycles. The van der Waals surface area contributed by atoms with Crippen LogP contribution in [-0.2, 0) is 17.5 Å². The van der Waals surface area contributed by atoms with Crippen molar-refractivity contribution in [1.29, 1.82) is 0 Å². The molecule has 0 bridgehead atoms. The summed E-state index contributed by atoms with van der Waals surface area (Å²) >= 11 is 0. The van der Waals surface area contributed by atoms with E-state index in [1.807, 2.05) is 0 Å². The lowest BCUT2D eigenvalue weighted by Crippen LogP contribution is -2.37. The van der Waals surface area contributed by atoms with Gasteiger partial charge in [-0.25, -0.2) is 4.68 Å². The van der Waals surface area contributed by atoms with Gasteiger partial charge in [-0.3, -0.25) is 4.79 Å². The first-order valence-electron chi connectivity index (χ1n) is 10.4. The molecule has 3 N–H and O–H groups in total. The zero-order chi connectivity index (χ0) is 25.2. The molecule has 0 spiro atoms. The van der Waals surface area contributed by atoms with Gasteiger partial charge in [0.1, 0.15) is 11.4 Å². The molecule has 2 aromatic carbocycles. The molecular weight excluding hydrogens is 465 g/mol. The topological polar surface area (TPSA) is 121 Å². The van der Waals surface area contributed by atoms with E-state index < -0.39 is 17.9 Å². The minimum Gasteiger partial charge on any atom is -0.497 e. The second-order valence-corrected chi connectivity index (χ2v) is 7.64. The summed E-state index contributed by atoms with van der Waals surface area (Å²) in [5, 5.41) is 14.3. The lowest BCUT2D eigenvalue weighted by Gasteiger charge is -2.10. The molecule has 1 atom stereocenters. The number of halogens is 3. The molecule has 0 aliphatic rings. The molecule has 35 heavy (non-hydrogen) atoms. The van der Waals surface area contributed by atoms with E-state index in [1.54, 1.807) is 55.5 Å². The number of hydrogen-bond donors (Lipinski definition) is 2. The quantitative estimate of drug-likeness (QED) is 0.410. The molecule has 0 radical (unpaired) electrons. The maximum absolute atomic E-state index is 13.5. The summed E-state index contributed by atoms with van der Waals surface area (Å²) in [5.41, 5.74) is 5.90. The molecule has 0 saturated carbocycles. The van der Waals surface area contributed by atoms with Crippen LogP contribution in [0.1, 0.15) is 18.2 Å². The Morgan fingerprint density at radius 2 is 1.86 bits per heavy atom. The Balaban J connectivity index is 1.71. The fourth-order valence-electron chi connectivity index (χ4n) is 3.19. The van der Waals surface area contributed by atoms with E-state index in [0.29, 0.717) is 22.6 Å². The van der Waals surface area contributed by atoms with Gasteiger partial charge in [-0.1, -0.05) is 12.1 Å². The lowest BCUT2D eigenvalue weighted by atomic mass is 10.2. The molecule has 0 aliphatic heterocycles. The van der Waals surface area contributed by atoms with Gasteiger partial charge in [0.15, 0.2) is 5.69 Å². The number of ether oxygens (including phenoxy) is 1. The van der Waals surface area contributed by atoms with Gasteiger partial charge < -0.3 is 20.2 Å². The first-order chi connectivity index (χ1) is 16.7. The van der Waals surface area contributed by atoms with Crippen molar-refractivity contribution in [1.82, 2.24) is 25.3 Å². The molecule has 0 fully saturated rings. The number of nitrogens with one attached hydrogen (secondary N) is 1. The van der Waals surface area contributed by atoms with Crippen LogP contribution >= 0.6 is 0 Å². The van der Waals surface area contributed by atoms with Crippen LogP contribution < -0.4 is 15.8 Å². The van der Waals surface area contributed by atoms with Gasteiger partial charge in [0.2, 0.25) is 11.8 Å². The number of hydrogen-bond acceptors (Lipinski definition) is 7. The number of amides is 1. The summed E-state index contributed by atoms with van der Waals surface area (Å²) in [4.78, 5) is 11.8. The van der Waals surface area contributed by atoms with Crippen molar-refractivity contribution in [3.05, 3.63) is 65.9 Å². The normalized spacial score (nSPS) is 12.4. The van der Waals surface area contributed by atoms with Crippen molar-refractivity contribution < 1.29 is 27.1 Å². The van der Waals surface area contributed by atoms with E-state index in [9.17, 15) is 18.0 Å². The Morgan fingerprint density at radius 3 is 2.51 bits per heavy atom. The van der Waals surface area contributed by atoms with Crippen LogP contribution in [0, 0.1) is 0 Å². The minimum absolute atomic E-state index is 0.0404. The first-order valence-corrected chi connectivity index (χ1v) is 10.4. The Morgan fingerprint density at radius 1 is 1.14 bits per heavy atom. The van der Waals surface area contributed by atoms with E-state index in [1.165, 1.54) is 7.11 Å². The van der Waals surface area contributed by atoms with Crippen LogP contribution in [0.3, 0.4) is 0 Å². The van der Waals surface area contributed by atoms with Crippen molar-refractivity contribution in [2.45, 2.75) is 25.7 Å². The van der Waals surface area contributed by atoms with E-state index in [0.717, 1.165) is 10.7 Å². The predicted octanol–water partition coefficient (Wildman–Crippen LogP) is 3.58. The fraction of sp³-hybridized carbons (Fsp3) is 0.217. The Bertz CT molecular complexity index is 1330. The molecule has 0 saturated heterocycles. The summed E-state index contributed by atoms with van der Waals surface area (Å²) < 4.78 is 52.4. The number of aromatic nitrogens is 4. The van der Waals surface area contributed by atoms with Crippen LogP contribution in [0.2, 0.25) is 0 Å². The molecule has 0 aliphatic carbocycles. The number of methoxy groups -OCH3 is 1. The van der Waals surface area contributed by atoms with Crippen molar-refractivity contribution in [2.24, 2.45) is 5.73 Å². The van der Waals surface area contributed by atoms with E-state index in [2.05, 4.69) is 20.6 Å². The smallest absolute Gasteiger partial charge is 0.435 e. The zero-order valence-corrected chi connectivity index (χ0v) is 18.7. The summed E-state index contributed by atoms with van der Waals surface area (Å²) in [6.07, 6.45) is -4.69. The number of carbonyl (C=O) groups excluding carboxylic acids is 1. The highest BCUT2D eigenvalue weighted by atomic mass is 19.4. The molecule has 1 amide bonds. The predicted molar refractivity (Wildman–Crippen MR) is 119 cm³/mol. The monoisotopic (exact) mass is 486 g/mol. The van der Waals surface area contributed by atoms with Crippen LogP contribution in [0.5, 0.6) is 5.75 Å². The molecular formula is C23H21F3N6O3. The molecule has 4 aromatic rings. The Hall–Kier alpha value is -4.19. The Kier molecular flexibility index (Phi) is 6.56. The van der Waals surface area contributed by atoms with E-state index >= 15 is 0 Å². The summed E-state index contributed by atoms with van der Waals surface area (Å²) in [5.74, 6) is 0.246. The van der Waals surface area contributed by atoms with Crippen molar-refractivity contribution in [2.75, 3.05) is 7.11 Å². The number of nitrogens with zero attached hydrogens (tertiary/aromatic N) is 4. The van der Waals surface area contributed by atoms with Gasteiger partial charge in [-0.2, -0.15) is 18.3 Å². The lowest BCUT2D eigenvalue weighted by molar-refractivity contribution is -0.141. The fourth-order valence-corrected chi connectivity index (χ4v) is 3.19. The summed E-state index contributed by atoms with van der Waals surface area (Å²) in [6.45, 7) is 1.68. The number of benzene rings is 2. The Labute approximate surface area is 197 Å². The van der Waals surface area contributed by atoms with Gasteiger partial charge in [-0.05, 0) is 48.9 Å². The van der Waals surface area contributed by atoms with Gasteiger partial charge in [-0.15, -0.1) is 10.2 Å². The van der Waals surface area contributed by atoms with Crippen molar-refractivity contribution >= 4 is 5.91 Å². The highest BCUT2D eigenvalue weighted by Crippen LogP contribution is 2.34. The minimum atomic E-state index is -4.69. The van der Waals surface area contributed by atoms with Crippen molar-refractivity contribution in [3.63, 3.8) is 0 Å². The number of rotatable bonds is 7. The standard InChI is InChI=1S/C23H21F3N6O3/c1-13(27)20(33)28-12-14-4-3-5-16(10-14)32-18(11-19(31-32)23(24,25)26)22-30-29-21(35-22)15-6-8-17(34-2)9-7-15/h3-11,13H,12,27H2,1-2H3,(H,28,33)/t13-/m0/s1. The largest absolute Gasteiger partial charge is 0.497 e.